The molecule has 2 fully saturated rings. The third-order valence-corrected chi connectivity index (χ3v) is 5.47. The molecule has 0 bridgehead atoms. The Balaban J connectivity index is 2.34. The zero-order valence-electron chi connectivity index (χ0n) is 9.22. The molecular formula is C11H19NOS. The van der Waals surface area contributed by atoms with E-state index in [-0.39, 0.29) is 22.8 Å². The maximum Gasteiger partial charge on any atom is 0.223 e. The van der Waals surface area contributed by atoms with Gasteiger partial charge in [0, 0.05) is 22.6 Å². The molecule has 0 saturated carbocycles. The van der Waals surface area contributed by atoms with Gasteiger partial charge >= 0.3 is 0 Å². The maximum absolute atomic E-state index is 11.7. The standard InChI is InChI=1S/C11H19NOS/c1-8-9(13)12-10(2,3)11(8)5-4-6-14-7-11/h8H,4-7H2,1-3H3,(H,12,13). The molecule has 1 N–H and O–H groups in total. The largest absolute Gasteiger partial charge is 0.350 e. The Morgan fingerprint density at radius 1 is 1.50 bits per heavy atom. The maximum atomic E-state index is 11.7. The van der Waals surface area contributed by atoms with Crippen molar-refractivity contribution < 1.29 is 4.79 Å². The highest BCUT2D eigenvalue weighted by atomic mass is 32.2. The fraction of sp³-hybridized carbons (Fsp3) is 0.909. The Bertz CT molecular complexity index is 256. The Morgan fingerprint density at radius 3 is 2.64 bits per heavy atom. The lowest BCUT2D eigenvalue weighted by atomic mass is 9.66. The van der Waals surface area contributed by atoms with Crippen molar-refractivity contribution in [3.63, 3.8) is 0 Å². The number of hydrogen-bond donors (Lipinski definition) is 1. The summed E-state index contributed by atoms with van der Waals surface area (Å²) in [5, 5.41) is 3.15. The van der Waals surface area contributed by atoms with Crippen molar-refractivity contribution in [3.05, 3.63) is 0 Å². The number of nitrogens with one attached hydrogen (secondary N) is 1. The average molecular weight is 213 g/mol. The van der Waals surface area contributed by atoms with Gasteiger partial charge in [-0.25, -0.2) is 0 Å². The summed E-state index contributed by atoms with van der Waals surface area (Å²) < 4.78 is 0. The summed E-state index contributed by atoms with van der Waals surface area (Å²) >= 11 is 2.01. The van der Waals surface area contributed by atoms with E-state index in [9.17, 15) is 4.79 Å². The minimum Gasteiger partial charge on any atom is -0.350 e. The molecule has 2 heterocycles. The zero-order valence-corrected chi connectivity index (χ0v) is 10.0. The molecule has 0 radical (unpaired) electrons. The topological polar surface area (TPSA) is 29.1 Å². The molecule has 80 valence electrons. The minimum absolute atomic E-state index is 0.0169. The van der Waals surface area contributed by atoms with Gasteiger partial charge in [-0.15, -0.1) is 0 Å². The van der Waals surface area contributed by atoms with Gasteiger partial charge in [0.05, 0.1) is 0 Å². The summed E-state index contributed by atoms with van der Waals surface area (Å²) in [6, 6.07) is 0. The van der Waals surface area contributed by atoms with Gasteiger partial charge in [-0.1, -0.05) is 6.92 Å². The van der Waals surface area contributed by atoms with Crippen molar-refractivity contribution >= 4 is 17.7 Å². The van der Waals surface area contributed by atoms with Crippen LogP contribution in [-0.4, -0.2) is 23.0 Å². The second-order valence-electron chi connectivity index (χ2n) is 5.15. The van der Waals surface area contributed by atoms with Gasteiger partial charge in [0.1, 0.15) is 0 Å². The molecule has 3 heteroatoms. The van der Waals surface area contributed by atoms with E-state index in [0.29, 0.717) is 0 Å². The van der Waals surface area contributed by atoms with Crippen LogP contribution in [0.1, 0.15) is 33.6 Å². The monoisotopic (exact) mass is 213 g/mol. The van der Waals surface area contributed by atoms with Gasteiger partial charge in [0.25, 0.3) is 0 Å². The zero-order chi connectivity index (χ0) is 10.4. The molecular weight excluding hydrogens is 194 g/mol. The second-order valence-corrected chi connectivity index (χ2v) is 6.25. The molecule has 0 aromatic rings. The molecule has 2 nitrogen and oxygen atoms in total. The highest BCUT2D eigenvalue weighted by molar-refractivity contribution is 7.99. The van der Waals surface area contributed by atoms with Gasteiger partial charge in [-0.05, 0) is 32.4 Å². The summed E-state index contributed by atoms with van der Waals surface area (Å²) in [5.41, 5.74) is 0.184. The first kappa shape index (κ1) is 10.3. The molecule has 0 aliphatic carbocycles. The third-order valence-electron chi connectivity index (χ3n) is 4.17. The number of amides is 1. The Labute approximate surface area is 90.2 Å². The molecule has 2 atom stereocenters. The number of carbonyl (C=O) groups excluding carboxylic acids is 1. The van der Waals surface area contributed by atoms with Crippen LogP contribution in [0, 0.1) is 11.3 Å². The van der Waals surface area contributed by atoms with Crippen LogP contribution in [-0.2, 0) is 4.79 Å². The molecule has 2 aliphatic rings. The smallest absolute Gasteiger partial charge is 0.223 e. The van der Waals surface area contributed by atoms with E-state index in [4.69, 9.17) is 0 Å². The summed E-state index contributed by atoms with van der Waals surface area (Å²) in [4.78, 5) is 11.7. The van der Waals surface area contributed by atoms with Gasteiger partial charge in [0.2, 0.25) is 5.91 Å². The molecule has 1 amide bonds. The van der Waals surface area contributed by atoms with Crippen molar-refractivity contribution in [3.8, 4) is 0 Å². The van der Waals surface area contributed by atoms with E-state index < -0.39 is 0 Å². The van der Waals surface area contributed by atoms with E-state index >= 15 is 0 Å². The predicted octanol–water partition coefficient (Wildman–Crippen LogP) is 2.04. The van der Waals surface area contributed by atoms with Crippen molar-refractivity contribution in [2.24, 2.45) is 11.3 Å². The number of carbonyl (C=O) groups is 1. The summed E-state index contributed by atoms with van der Waals surface area (Å²) in [5.74, 6) is 2.83. The fourth-order valence-corrected chi connectivity index (χ4v) is 4.60. The average Bonchev–Trinajstić information content (AvgIpc) is 2.30. The fourth-order valence-electron chi connectivity index (χ4n) is 2.98. The highest BCUT2D eigenvalue weighted by Gasteiger charge is 2.57. The van der Waals surface area contributed by atoms with Gasteiger partial charge < -0.3 is 5.32 Å². The number of rotatable bonds is 0. The van der Waals surface area contributed by atoms with E-state index in [0.717, 1.165) is 5.75 Å². The number of hydrogen-bond acceptors (Lipinski definition) is 2. The van der Waals surface area contributed by atoms with E-state index in [2.05, 4.69) is 26.1 Å². The van der Waals surface area contributed by atoms with Crippen molar-refractivity contribution in [2.45, 2.75) is 39.2 Å². The first-order valence-corrected chi connectivity index (χ1v) is 6.55. The van der Waals surface area contributed by atoms with Crippen LogP contribution in [0.4, 0.5) is 0 Å². The van der Waals surface area contributed by atoms with E-state index in [1.165, 1.54) is 18.6 Å². The van der Waals surface area contributed by atoms with Crippen molar-refractivity contribution in [1.82, 2.24) is 5.32 Å². The van der Waals surface area contributed by atoms with Gasteiger partial charge in [-0.2, -0.15) is 11.8 Å². The SMILES string of the molecule is CC1C(=O)NC(C)(C)C12CCCSC2. The van der Waals surface area contributed by atoms with Crippen molar-refractivity contribution in [1.29, 1.82) is 0 Å². The van der Waals surface area contributed by atoms with Crippen LogP contribution in [0.3, 0.4) is 0 Å². The molecule has 14 heavy (non-hydrogen) atoms. The lowest BCUT2D eigenvalue weighted by Crippen LogP contribution is -2.51. The molecule has 0 aromatic carbocycles. The van der Waals surface area contributed by atoms with Gasteiger partial charge in [0.15, 0.2) is 0 Å². The lowest BCUT2D eigenvalue weighted by molar-refractivity contribution is -0.123. The molecule has 0 aromatic heterocycles. The minimum atomic E-state index is -0.0169. The second kappa shape index (κ2) is 3.16. The van der Waals surface area contributed by atoms with Crippen LogP contribution < -0.4 is 5.32 Å². The predicted molar refractivity (Wildman–Crippen MR) is 60.4 cm³/mol. The van der Waals surface area contributed by atoms with Crippen LogP contribution in [0.25, 0.3) is 0 Å². The third kappa shape index (κ3) is 1.21. The molecule has 2 saturated heterocycles. The first-order valence-electron chi connectivity index (χ1n) is 5.39. The van der Waals surface area contributed by atoms with E-state index in [1.807, 2.05) is 11.8 Å². The Morgan fingerprint density at radius 2 is 2.21 bits per heavy atom. The van der Waals surface area contributed by atoms with E-state index in [1.54, 1.807) is 0 Å². The summed E-state index contributed by atoms with van der Waals surface area (Å²) in [6.45, 7) is 6.45. The molecule has 2 rings (SSSR count). The first-order chi connectivity index (χ1) is 6.50. The highest BCUT2D eigenvalue weighted by Crippen LogP contribution is 2.51. The van der Waals surface area contributed by atoms with Crippen molar-refractivity contribution in [2.75, 3.05) is 11.5 Å². The Kier molecular flexibility index (Phi) is 2.33. The molecule has 2 unspecified atom stereocenters. The van der Waals surface area contributed by atoms with Crippen LogP contribution >= 0.6 is 11.8 Å². The number of thioether (sulfide) groups is 1. The normalized spacial score (nSPS) is 41.4. The summed E-state index contributed by atoms with van der Waals surface area (Å²) in [6.07, 6.45) is 2.46. The summed E-state index contributed by atoms with van der Waals surface area (Å²) in [7, 11) is 0. The van der Waals surface area contributed by atoms with Gasteiger partial charge in [-0.3, -0.25) is 4.79 Å². The Hall–Kier alpha value is -0.180. The quantitative estimate of drug-likeness (QED) is 0.667. The molecule has 1 spiro atoms. The van der Waals surface area contributed by atoms with Crippen LogP contribution in [0.15, 0.2) is 0 Å². The molecule has 2 aliphatic heterocycles. The van der Waals surface area contributed by atoms with Crippen LogP contribution in [0.2, 0.25) is 0 Å². The van der Waals surface area contributed by atoms with Crippen LogP contribution in [0.5, 0.6) is 0 Å². The lowest BCUT2D eigenvalue weighted by Gasteiger charge is -2.45.